The van der Waals surface area contributed by atoms with Crippen LogP contribution in [-0.4, -0.2) is 13.1 Å². The average Bonchev–Trinajstić information content (AvgIpc) is 2.81. The smallest absolute Gasteiger partial charge is 0.143 e. The Hall–Kier alpha value is -1.42. The molecule has 0 aliphatic carbocycles. The van der Waals surface area contributed by atoms with E-state index in [1.807, 2.05) is 0 Å². The lowest BCUT2D eigenvalue weighted by Crippen LogP contribution is -2.34. The molecule has 1 fully saturated rings. The summed E-state index contributed by atoms with van der Waals surface area (Å²) in [6, 6.07) is 2.53. The van der Waals surface area contributed by atoms with Crippen molar-refractivity contribution in [1.82, 2.24) is 5.32 Å². The predicted octanol–water partition coefficient (Wildman–Crippen LogP) is 3.42. The molecule has 2 aromatic rings. The van der Waals surface area contributed by atoms with Crippen LogP contribution in [0.2, 0.25) is 0 Å². The third-order valence-corrected chi connectivity index (χ3v) is 3.83. The Morgan fingerprint density at radius 3 is 2.94 bits per heavy atom. The first kappa shape index (κ1) is 11.7. The van der Waals surface area contributed by atoms with E-state index in [1.54, 1.807) is 6.07 Å². The molecule has 1 aromatic heterocycles. The summed E-state index contributed by atoms with van der Waals surface area (Å²) in [6.07, 6.45) is 2.27. The molecule has 1 aliphatic heterocycles. The molecule has 2 atom stereocenters. The zero-order valence-electron chi connectivity index (χ0n) is 10.2. The highest BCUT2D eigenvalue weighted by atomic mass is 19.1. The average molecular weight is 251 g/mol. The maximum Gasteiger partial charge on any atom is 0.143 e. The van der Waals surface area contributed by atoms with E-state index in [2.05, 4.69) is 12.2 Å². The first-order valence-corrected chi connectivity index (χ1v) is 6.24. The Kier molecular flexibility index (Phi) is 2.82. The summed E-state index contributed by atoms with van der Waals surface area (Å²) in [5.41, 5.74) is 0.900. The van der Waals surface area contributed by atoms with Crippen LogP contribution in [0.25, 0.3) is 11.0 Å². The molecule has 1 saturated heterocycles. The molecule has 0 amide bonds. The van der Waals surface area contributed by atoms with Gasteiger partial charge in [0.15, 0.2) is 0 Å². The number of nitrogens with one attached hydrogen (secondary N) is 1. The number of furan rings is 1. The fraction of sp³-hybridized carbons (Fsp3) is 0.429. The normalized spacial score (nSPS) is 24.6. The second kappa shape index (κ2) is 4.35. The Morgan fingerprint density at radius 2 is 2.17 bits per heavy atom. The van der Waals surface area contributed by atoms with Crippen LogP contribution in [0.15, 0.2) is 22.8 Å². The Bertz CT molecular complexity index is 578. The minimum Gasteiger partial charge on any atom is -0.464 e. The van der Waals surface area contributed by atoms with Crippen LogP contribution in [0.3, 0.4) is 0 Å². The van der Waals surface area contributed by atoms with Gasteiger partial charge in [-0.1, -0.05) is 6.92 Å². The van der Waals surface area contributed by atoms with E-state index in [9.17, 15) is 8.78 Å². The van der Waals surface area contributed by atoms with Gasteiger partial charge in [-0.15, -0.1) is 0 Å². The van der Waals surface area contributed by atoms with Crippen molar-refractivity contribution in [3.8, 4) is 0 Å². The van der Waals surface area contributed by atoms with Gasteiger partial charge in [-0.2, -0.15) is 0 Å². The molecule has 18 heavy (non-hydrogen) atoms. The van der Waals surface area contributed by atoms with Crippen LogP contribution >= 0.6 is 0 Å². The fourth-order valence-corrected chi connectivity index (χ4v) is 2.87. The van der Waals surface area contributed by atoms with Crippen LogP contribution in [0.4, 0.5) is 8.78 Å². The van der Waals surface area contributed by atoms with Gasteiger partial charge in [0, 0.05) is 11.6 Å². The van der Waals surface area contributed by atoms with Crippen molar-refractivity contribution in [2.75, 3.05) is 13.1 Å². The zero-order valence-corrected chi connectivity index (χ0v) is 10.2. The van der Waals surface area contributed by atoms with Gasteiger partial charge in [-0.05, 0) is 37.4 Å². The summed E-state index contributed by atoms with van der Waals surface area (Å²) >= 11 is 0. The van der Waals surface area contributed by atoms with Crippen molar-refractivity contribution in [3.63, 3.8) is 0 Å². The van der Waals surface area contributed by atoms with Crippen molar-refractivity contribution in [3.05, 3.63) is 35.6 Å². The number of hydrogen-bond donors (Lipinski definition) is 1. The third kappa shape index (κ3) is 1.72. The summed E-state index contributed by atoms with van der Waals surface area (Å²) in [5, 5.41) is 3.65. The maximum absolute atomic E-state index is 14.1. The van der Waals surface area contributed by atoms with E-state index in [-0.39, 0.29) is 5.92 Å². The zero-order chi connectivity index (χ0) is 12.7. The van der Waals surface area contributed by atoms with Gasteiger partial charge >= 0.3 is 0 Å². The van der Waals surface area contributed by atoms with Crippen LogP contribution in [0.5, 0.6) is 0 Å². The fourth-order valence-electron chi connectivity index (χ4n) is 2.87. The molecule has 0 radical (unpaired) electrons. The maximum atomic E-state index is 14.1. The molecule has 1 N–H and O–H groups in total. The molecule has 3 rings (SSSR count). The molecule has 0 bridgehead atoms. The highest BCUT2D eigenvalue weighted by Gasteiger charge is 2.29. The van der Waals surface area contributed by atoms with Crippen LogP contribution in [0.1, 0.15) is 24.8 Å². The van der Waals surface area contributed by atoms with Gasteiger partial charge in [0.25, 0.3) is 0 Å². The number of halogens is 2. The monoisotopic (exact) mass is 251 g/mol. The summed E-state index contributed by atoms with van der Waals surface area (Å²) in [4.78, 5) is 0. The molecule has 2 heterocycles. The van der Waals surface area contributed by atoms with Crippen molar-refractivity contribution >= 4 is 11.0 Å². The van der Waals surface area contributed by atoms with Crippen molar-refractivity contribution in [1.29, 1.82) is 0 Å². The molecule has 0 saturated carbocycles. The lowest BCUT2D eigenvalue weighted by molar-refractivity contribution is 0.340. The molecule has 0 spiro atoms. The topological polar surface area (TPSA) is 25.2 Å². The quantitative estimate of drug-likeness (QED) is 0.840. The number of benzene rings is 1. The Balaban J connectivity index is 2.18. The molecule has 2 unspecified atom stereocenters. The molecule has 4 heteroatoms. The highest BCUT2D eigenvalue weighted by Crippen LogP contribution is 2.37. The van der Waals surface area contributed by atoms with E-state index in [1.165, 1.54) is 6.26 Å². The lowest BCUT2D eigenvalue weighted by Gasteiger charge is -2.30. The minimum atomic E-state index is -0.554. The Morgan fingerprint density at radius 1 is 1.33 bits per heavy atom. The summed E-state index contributed by atoms with van der Waals surface area (Å²) < 4.78 is 33.0. The van der Waals surface area contributed by atoms with Gasteiger partial charge in [0.05, 0.1) is 11.6 Å². The van der Waals surface area contributed by atoms with Gasteiger partial charge in [0.2, 0.25) is 0 Å². The van der Waals surface area contributed by atoms with Crippen LogP contribution < -0.4 is 5.32 Å². The van der Waals surface area contributed by atoms with Gasteiger partial charge in [0.1, 0.15) is 17.2 Å². The highest BCUT2D eigenvalue weighted by molar-refractivity contribution is 5.81. The van der Waals surface area contributed by atoms with Crippen LogP contribution in [-0.2, 0) is 0 Å². The van der Waals surface area contributed by atoms with E-state index in [4.69, 9.17) is 4.42 Å². The number of fused-ring (bicyclic) bond motifs is 1. The van der Waals surface area contributed by atoms with Crippen molar-refractivity contribution < 1.29 is 13.2 Å². The largest absolute Gasteiger partial charge is 0.464 e. The van der Waals surface area contributed by atoms with Gasteiger partial charge < -0.3 is 9.73 Å². The summed E-state index contributed by atoms with van der Waals surface area (Å²) in [7, 11) is 0. The number of hydrogen-bond acceptors (Lipinski definition) is 2. The van der Waals surface area contributed by atoms with E-state index < -0.39 is 11.6 Å². The Labute approximate surface area is 104 Å². The standard InChI is InChI=1S/C14H15F2NO/c1-8-7-17-4-2-9(8)13-12(16)6-11(15)10-3-5-18-14(10)13/h3,5-6,8-9,17H,2,4,7H2,1H3. The second-order valence-corrected chi connectivity index (χ2v) is 4.99. The second-order valence-electron chi connectivity index (χ2n) is 4.99. The molecule has 1 aliphatic rings. The molecule has 96 valence electrons. The van der Waals surface area contributed by atoms with Crippen molar-refractivity contribution in [2.24, 2.45) is 5.92 Å². The first-order valence-electron chi connectivity index (χ1n) is 6.24. The van der Waals surface area contributed by atoms with Gasteiger partial charge in [-0.3, -0.25) is 0 Å². The first-order chi connectivity index (χ1) is 8.68. The van der Waals surface area contributed by atoms with E-state index >= 15 is 0 Å². The summed E-state index contributed by atoms with van der Waals surface area (Å²) in [5.74, 6) is -0.650. The molecular weight excluding hydrogens is 236 g/mol. The molecular formula is C14H15F2NO. The third-order valence-electron chi connectivity index (χ3n) is 3.83. The number of rotatable bonds is 1. The molecule has 2 nitrogen and oxygen atoms in total. The number of piperidine rings is 1. The SMILES string of the molecule is CC1CNCCC1c1c(F)cc(F)c2ccoc12. The van der Waals surface area contributed by atoms with Crippen molar-refractivity contribution in [2.45, 2.75) is 19.3 Å². The van der Waals surface area contributed by atoms with Crippen LogP contribution in [0, 0.1) is 17.6 Å². The summed E-state index contributed by atoms with van der Waals surface area (Å²) in [6.45, 7) is 3.78. The van der Waals surface area contributed by atoms with E-state index in [0.717, 1.165) is 25.6 Å². The molecule has 1 aromatic carbocycles. The van der Waals surface area contributed by atoms with Gasteiger partial charge in [-0.25, -0.2) is 8.78 Å². The predicted molar refractivity (Wildman–Crippen MR) is 65.5 cm³/mol. The minimum absolute atomic E-state index is 0.0838. The lowest BCUT2D eigenvalue weighted by atomic mass is 9.81. The van der Waals surface area contributed by atoms with E-state index in [0.29, 0.717) is 22.5 Å².